The van der Waals surface area contributed by atoms with Gasteiger partial charge in [0.25, 0.3) is 11.5 Å². The monoisotopic (exact) mass is 442 g/mol. The molecule has 9 heteroatoms. The van der Waals surface area contributed by atoms with Crippen molar-refractivity contribution < 1.29 is 14.3 Å². The van der Waals surface area contributed by atoms with E-state index in [9.17, 15) is 14.4 Å². The standard InChI is InChI=1S/C22H26N4O4S/c1-5-25(6-2)17(27)12-26-13-23-21-18(22(26)29)14(4)19(31-21)20(28)24-15-8-10-16(11-9-15)30-7-3/h8-11,13H,5-7,12H2,1-4H3,(H,24,28). The van der Waals surface area contributed by atoms with Crippen LogP contribution >= 0.6 is 11.3 Å². The van der Waals surface area contributed by atoms with E-state index in [2.05, 4.69) is 10.3 Å². The first-order chi connectivity index (χ1) is 14.9. The average molecular weight is 443 g/mol. The lowest BCUT2D eigenvalue weighted by Crippen LogP contribution is -2.36. The highest BCUT2D eigenvalue weighted by Gasteiger charge is 2.21. The molecule has 8 nitrogen and oxygen atoms in total. The first kappa shape index (κ1) is 22.5. The van der Waals surface area contributed by atoms with Gasteiger partial charge in [-0.2, -0.15) is 0 Å². The second-order valence-corrected chi connectivity index (χ2v) is 7.89. The van der Waals surface area contributed by atoms with Crippen LogP contribution in [0.3, 0.4) is 0 Å². The van der Waals surface area contributed by atoms with Crippen molar-refractivity contribution in [1.29, 1.82) is 0 Å². The van der Waals surface area contributed by atoms with Crippen molar-refractivity contribution in [1.82, 2.24) is 14.5 Å². The quantitative estimate of drug-likeness (QED) is 0.578. The Labute approximate surface area is 184 Å². The van der Waals surface area contributed by atoms with E-state index in [1.165, 1.54) is 10.9 Å². The summed E-state index contributed by atoms with van der Waals surface area (Å²) in [7, 11) is 0. The Morgan fingerprint density at radius 3 is 2.45 bits per heavy atom. The fraction of sp³-hybridized carbons (Fsp3) is 0.364. The van der Waals surface area contributed by atoms with E-state index in [-0.39, 0.29) is 23.9 Å². The summed E-state index contributed by atoms with van der Waals surface area (Å²) in [4.78, 5) is 45.1. The lowest BCUT2D eigenvalue weighted by atomic mass is 10.2. The molecule has 1 aromatic carbocycles. The Morgan fingerprint density at radius 2 is 1.84 bits per heavy atom. The minimum Gasteiger partial charge on any atom is -0.494 e. The first-order valence-electron chi connectivity index (χ1n) is 10.2. The number of nitrogens with one attached hydrogen (secondary N) is 1. The molecule has 0 saturated carbocycles. The third kappa shape index (κ3) is 4.77. The molecule has 0 unspecified atom stereocenters. The maximum absolute atomic E-state index is 13.0. The zero-order valence-electron chi connectivity index (χ0n) is 18.1. The molecule has 0 bridgehead atoms. The number of aryl methyl sites for hydroxylation is 1. The molecular formula is C22H26N4O4S. The summed E-state index contributed by atoms with van der Waals surface area (Å²) >= 11 is 1.16. The summed E-state index contributed by atoms with van der Waals surface area (Å²) in [5, 5.41) is 3.22. The molecular weight excluding hydrogens is 416 g/mol. The van der Waals surface area contributed by atoms with Crippen LogP contribution in [0.2, 0.25) is 0 Å². The SMILES string of the molecule is CCOc1ccc(NC(=O)c2sc3ncn(CC(=O)N(CC)CC)c(=O)c3c2C)cc1. The summed E-state index contributed by atoms with van der Waals surface area (Å²) in [5.41, 5.74) is 0.866. The molecule has 0 fully saturated rings. The predicted molar refractivity (Wildman–Crippen MR) is 122 cm³/mol. The van der Waals surface area contributed by atoms with Gasteiger partial charge in [0, 0.05) is 18.8 Å². The average Bonchev–Trinajstić information content (AvgIpc) is 3.10. The highest BCUT2D eigenvalue weighted by Crippen LogP contribution is 2.28. The summed E-state index contributed by atoms with van der Waals surface area (Å²) in [5.74, 6) is 0.270. The van der Waals surface area contributed by atoms with Gasteiger partial charge in [0.2, 0.25) is 5.91 Å². The molecule has 0 aliphatic heterocycles. The van der Waals surface area contributed by atoms with E-state index in [1.807, 2.05) is 20.8 Å². The number of ether oxygens (including phenoxy) is 1. The molecule has 0 saturated heterocycles. The van der Waals surface area contributed by atoms with Gasteiger partial charge in [0.1, 0.15) is 17.1 Å². The fourth-order valence-electron chi connectivity index (χ4n) is 3.30. The molecule has 0 spiro atoms. The van der Waals surface area contributed by atoms with Gasteiger partial charge in [-0.05, 0) is 57.5 Å². The minimum absolute atomic E-state index is 0.0769. The Hall–Kier alpha value is -3.20. The smallest absolute Gasteiger partial charge is 0.266 e. The molecule has 2 aromatic heterocycles. The number of thiophene rings is 1. The summed E-state index contributed by atoms with van der Waals surface area (Å²) in [6.07, 6.45) is 1.37. The van der Waals surface area contributed by atoms with E-state index in [4.69, 9.17) is 4.74 Å². The number of rotatable bonds is 8. The Bertz CT molecular complexity index is 1150. The Balaban J connectivity index is 1.86. The summed E-state index contributed by atoms with van der Waals surface area (Å²) < 4.78 is 6.71. The minimum atomic E-state index is -0.320. The number of nitrogens with zero attached hydrogens (tertiary/aromatic N) is 3. The van der Waals surface area contributed by atoms with Crippen molar-refractivity contribution in [2.75, 3.05) is 25.0 Å². The number of hydrogen-bond donors (Lipinski definition) is 1. The Kier molecular flexibility index (Phi) is 7.06. The third-order valence-electron chi connectivity index (χ3n) is 4.97. The Morgan fingerprint density at radius 1 is 1.16 bits per heavy atom. The van der Waals surface area contributed by atoms with Gasteiger partial charge in [-0.15, -0.1) is 11.3 Å². The highest BCUT2D eigenvalue weighted by molar-refractivity contribution is 7.20. The van der Waals surface area contributed by atoms with Crippen molar-refractivity contribution in [2.45, 2.75) is 34.2 Å². The van der Waals surface area contributed by atoms with Gasteiger partial charge < -0.3 is 15.0 Å². The predicted octanol–water partition coefficient (Wildman–Crippen LogP) is 3.29. The van der Waals surface area contributed by atoms with Gasteiger partial charge in [-0.1, -0.05) is 0 Å². The van der Waals surface area contributed by atoms with Crippen LogP contribution in [0, 0.1) is 6.92 Å². The lowest BCUT2D eigenvalue weighted by Gasteiger charge is -2.18. The van der Waals surface area contributed by atoms with E-state index in [1.54, 1.807) is 36.1 Å². The highest BCUT2D eigenvalue weighted by atomic mass is 32.1. The van der Waals surface area contributed by atoms with Crippen LogP contribution in [0.25, 0.3) is 10.2 Å². The van der Waals surface area contributed by atoms with Gasteiger partial charge in [-0.25, -0.2) is 4.98 Å². The van der Waals surface area contributed by atoms with Gasteiger partial charge in [-0.3, -0.25) is 19.0 Å². The summed E-state index contributed by atoms with van der Waals surface area (Å²) in [6, 6.07) is 7.08. The van der Waals surface area contributed by atoms with Crippen LogP contribution in [0.15, 0.2) is 35.4 Å². The van der Waals surface area contributed by atoms with Crippen LogP contribution in [-0.4, -0.2) is 46.0 Å². The van der Waals surface area contributed by atoms with Gasteiger partial charge >= 0.3 is 0 Å². The van der Waals surface area contributed by atoms with Crippen molar-refractivity contribution in [3.63, 3.8) is 0 Å². The second kappa shape index (κ2) is 9.74. The molecule has 0 radical (unpaired) electrons. The topological polar surface area (TPSA) is 93.5 Å². The number of hydrogen-bond acceptors (Lipinski definition) is 6. The van der Waals surface area contributed by atoms with Crippen LogP contribution in [0.4, 0.5) is 5.69 Å². The number of likely N-dealkylation sites (N-methyl/N-ethyl adjacent to an activating group) is 1. The number of carbonyl (C=O) groups is 2. The molecule has 0 aliphatic rings. The molecule has 164 valence electrons. The van der Waals surface area contributed by atoms with E-state index >= 15 is 0 Å². The second-order valence-electron chi connectivity index (χ2n) is 6.89. The van der Waals surface area contributed by atoms with E-state index < -0.39 is 0 Å². The molecule has 2 heterocycles. The molecule has 2 amide bonds. The molecule has 3 rings (SSSR count). The van der Waals surface area contributed by atoms with Crippen LogP contribution in [0.5, 0.6) is 5.75 Å². The number of fused-ring (bicyclic) bond motifs is 1. The molecule has 1 N–H and O–H groups in total. The van der Waals surface area contributed by atoms with Crippen molar-refractivity contribution >= 4 is 39.1 Å². The summed E-state index contributed by atoms with van der Waals surface area (Å²) in [6.45, 7) is 9.06. The lowest BCUT2D eigenvalue weighted by molar-refractivity contribution is -0.131. The zero-order valence-corrected chi connectivity index (χ0v) is 18.9. The number of carbonyl (C=O) groups excluding carboxylic acids is 2. The van der Waals surface area contributed by atoms with Crippen LogP contribution < -0.4 is 15.6 Å². The number of benzene rings is 1. The van der Waals surface area contributed by atoms with E-state index in [0.717, 1.165) is 17.1 Å². The van der Waals surface area contributed by atoms with Crippen molar-refractivity contribution in [2.24, 2.45) is 0 Å². The fourth-order valence-corrected chi connectivity index (χ4v) is 4.33. The van der Waals surface area contributed by atoms with Gasteiger partial charge in [0.15, 0.2) is 0 Å². The largest absolute Gasteiger partial charge is 0.494 e. The number of aromatic nitrogens is 2. The molecule has 3 aromatic rings. The number of anilines is 1. The first-order valence-corrected chi connectivity index (χ1v) is 11.0. The van der Waals surface area contributed by atoms with Crippen LogP contribution in [0.1, 0.15) is 36.0 Å². The van der Waals surface area contributed by atoms with Crippen molar-refractivity contribution in [3.05, 3.63) is 51.4 Å². The third-order valence-corrected chi connectivity index (χ3v) is 6.17. The molecule has 0 atom stereocenters. The van der Waals surface area contributed by atoms with Crippen LogP contribution in [-0.2, 0) is 11.3 Å². The van der Waals surface area contributed by atoms with Crippen molar-refractivity contribution in [3.8, 4) is 5.75 Å². The normalized spacial score (nSPS) is 10.8. The molecule has 0 aliphatic carbocycles. The zero-order chi connectivity index (χ0) is 22.5. The number of amides is 2. The maximum Gasteiger partial charge on any atom is 0.266 e. The van der Waals surface area contributed by atoms with Gasteiger partial charge in [0.05, 0.1) is 23.2 Å². The molecule has 31 heavy (non-hydrogen) atoms. The van der Waals surface area contributed by atoms with E-state index in [0.29, 0.717) is 46.0 Å². The maximum atomic E-state index is 13.0.